The van der Waals surface area contributed by atoms with Crippen LogP contribution in [0.15, 0.2) is 47.7 Å². The zero-order valence-corrected chi connectivity index (χ0v) is 10.2. The topological polar surface area (TPSA) is 29.1 Å². The zero-order chi connectivity index (χ0) is 11.4. The first kappa shape index (κ1) is 11.1. The van der Waals surface area contributed by atoms with Crippen molar-refractivity contribution in [3.05, 3.63) is 57.4 Å². The normalized spacial score (nSPS) is 10.3. The highest BCUT2D eigenvalue weighted by molar-refractivity contribution is 7.11. The fourth-order valence-electron chi connectivity index (χ4n) is 1.39. The Hall–Kier alpha value is -1.39. The summed E-state index contributed by atoms with van der Waals surface area (Å²) in [7, 11) is 0. The molecule has 0 fully saturated rings. The molecule has 0 aliphatic heterocycles. The molecule has 0 saturated heterocycles. The second-order valence-corrected chi connectivity index (χ2v) is 5.14. The van der Waals surface area contributed by atoms with Crippen LogP contribution in [0.2, 0.25) is 0 Å². The minimum atomic E-state index is -0.146. The van der Waals surface area contributed by atoms with E-state index in [2.05, 4.69) is 11.9 Å². The lowest BCUT2D eigenvalue weighted by Gasteiger charge is -2.14. The molecule has 0 spiro atoms. The number of carbonyl (C=O) groups excluding carboxylic acids is 1. The van der Waals surface area contributed by atoms with E-state index >= 15 is 0 Å². The predicted molar refractivity (Wildman–Crippen MR) is 68.8 cm³/mol. The molecule has 0 radical (unpaired) electrons. The third-order valence-corrected chi connectivity index (χ3v) is 4.00. The van der Waals surface area contributed by atoms with Crippen molar-refractivity contribution in [3.63, 3.8) is 0 Å². The van der Waals surface area contributed by atoms with Crippen molar-refractivity contribution < 1.29 is 4.79 Å². The average Bonchev–Trinajstić information content (AvgIpc) is 2.97. The highest BCUT2D eigenvalue weighted by atomic mass is 32.1. The summed E-state index contributed by atoms with van der Waals surface area (Å²) < 4.78 is 0. The molecule has 0 aliphatic rings. The number of nitrogens with one attached hydrogen (secondary N) is 1. The van der Waals surface area contributed by atoms with E-state index in [-0.39, 0.29) is 11.9 Å². The molecule has 16 heavy (non-hydrogen) atoms. The quantitative estimate of drug-likeness (QED) is 0.828. The smallest absolute Gasteiger partial charge is 0.244 e. The van der Waals surface area contributed by atoms with Gasteiger partial charge in [0, 0.05) is 9.75 Å². The second-order valence-electron chi connectivity index (χ2n) is 3.18. The molecule has 1 N–H and O–H groups in total. The van der Waals surface area contributed by atoms with Gasteiger partial charge in [-0.15, -0.1) is 22.7 Å². The molecule has 2 heterocycles. The van der Waals surface area contributed by atoms with Crippen molar-refractivity contribution >= 4 is 28.6 Å². The maximum absolute atomic E-state index is 11.4. The molecule has 1 amide bonds. The third-order valence-electron chi connectivity index (χ3n) is 2.13. The van der Waals surface area contributed by atoms with Gasteiger partial charge in [-0.3, -0.25) is 4.79 Å². The minimum Gasteiger partial charge on any atom is -0.340 e. The lowest BCUT2D eigenvalue weighted by atomic mass is 10.2. The van der Waals surface area contributed by atoms with Crippen molar-refractivity contribution in [1.29, 1.82) is 0 Å². The lowest BCUT2D eigenvalue weighted by molar-refractivity contribution is -0.116. The minimum absolute atomic E-state index is 0.0505. The Balaban J connectivity index is 2.27. The molecule has 4 heteroatoms. The van der Waals surface area contributed by atoms with E-state index in [9.17, 15) is 4.79 Å². The fraction of sp³-hybridized carbons (Fsp3) is 0.0833. The lowest BCUT2D eigenvalue weighted by Crippen LogP contribution is -2.26. The molecular formula is C12H11NOS2. The summed E-state index contributed by atoms with van der Waals surface area (Å²) in [4.78, 5) is 13.7. The van der Waals surface area contributed by atoms with Gasteiger partial charge in [0.05, 0.1) is 6.04 Å². The van der Waals surface area contributed by atoms with Gasteiger partial charge in [0.2, 0.25) is 5.91 Å². The van der Waals surface area contributed by atoms with Crippen LogP contribution in [-0.2, 0) is 4.79 Å². The van der Waals surface area contributed by atoms with Crippen molar-refractivity contribution in [1.82, 2.24) is 5.32 Å². The summed E-state index contributed by atoms with van der Waals surface area (Å²) in [6.45, 7) is 3.47. The standard InChI is InChI=1S/C12H11NOS2/c1-2-11(14)13-12(9-5-3-7-15-9)10-6-4-8-16-10/h2-8,12H,1H2,(H,13,14). The van der Waals surface area contributed by atoms with Gasteiger partial charge >= 0.3 is 0 Å². The summed E-state index contributed by atoms with van der Waals surface area (Å²) in [5.74, 6) is -0.146. The molecule has 2 nitrogen and oxygen atoms in total. The maximum Gasteiger partial charge on any atom is 0.244 e. The number of thiophene rings is 2. The Morgan fingerprint density at radius 2 is 1.81 bits per heavy atom. The van der Waals surface area contributed by atoms with E-state index < -0.39 is 0 Å². The van der Waals surface area contributed by atoms with Crippen LogP contribution in [0.4, 0.5) is 0 Å². The fourth-order valence-corrected chi connectivity index (χ4v) is 3.06. The molecule has 0 aromatic carbocycles. The number of hydrogen-bond donors (Lipinski definition) is 1. The van der Waals surface area contributed by atoms with Crippen molar-refractivity contribution in [3.8, 4) is 0 Å². The number of amides is 1. The van der Waals surface area contributed by atoms with E-state index in [1.54, 1.807) is 22.7 Å². The average molecular weight is 249 g/mol. The Kier molecular flexibility index (Phi) is 3.54. The Morgan fingerprint density at radius 3 is 2.19 bits per heavy atom. The van der Waals surface area contributed by atoms with Crippen LogP contribution >= 0.6 is 22.7 Å². The van der Waals surface area contributed by atoms with Gasteiger partial charge in [-0.25, -0.2) is 0 Å². The first-order valence-corrected chi connectivity index (χ1v) is 6.57. The highest BCUT2D eigenvalue weighted by Gasteiger charge is 2.17. The predicted octanol–water partition coefficient (Wildman–Crippen LogP) is 3.20. The van der Waals surface area contributed by atoms with E-state index in [1.165, 1.54) is 6.08 Å². The molecule has 82 valence electrons. The summed E-state index contributed by atoms with van der Waals surface area (Å²) >= 11 is 3.28. The third kappa shape index (κ3) is 2.40. The first-order valence-electron chi connectivity index (χ1n) is 4.81. The first-order chi connectivity index (χ1) is 7.81. The highest BCUT2D eigenvalue weighted by Crippen LogP contribution is 2.28. The van der Waals surface area contributed by atoms with E-state index in [0.29, 0.717) is 0 Å². The van der Waals surface area contributed by atoms with Gasteiger partial charge in [0.25, 0.3) is 0 Å². The Bertz CT molecular complexity index is 425. The molecular weight excluding hydrogens is 238 g/mol. The molecule has 2 rings (SSSR count). The number of rotatable bonds is 4. The molecule has 2 aromatic heterocycles. The molecule has 0 saturated carbocycles. The number of carbonyl (C=O) groups is 1. The molecule has 0 aliphatic carbocycles. The van der Waals surface area contributed by atoms with Crippen LogP contribution in [0.1, 0.15) is 15.8 Å². The summed E-state index contributed by atoms with van der Waals surface area (Å²) in [6, 6.07) is 7.98. The van der Waals surface area contributed by atoms with E-state index in [1.807, 2.05) is 35.0 Å². The molecule has 0 unspecified atom stereocenters. The largest absolute Gasteiger partial charge is 0.340 e. The SMILES string of the molecule is C=CC(=O)NC(c1cccs1)c1cccs1. The summed E-state index contributed by atoms with van der Waals surface area (Å²) in [6.07, 6.45) is 1.30. The van der Waals surface area contributed by atoms with Gasteiger partial charge in [-0.1, -0.05) is 18.7 Å². The van der Waals surface area contributed by atoms with Crippen molar-refractivity contribution in [2.45, 2.75) is 6.04 Å². The maximum atomic E-state index is 11.4. The molecule has 0 bridgehead atoms. The van der Waals surface area contributed by atoms with E-state index in [0.717, 1.165) is 9.75 Å². The van der Waals surface area contributed by atoms with Gasteiger partial charge in [0.15, 0.2) is 0 Å². The summed E-state index contributed by atoms with van der Waals surface area (Å²) in [5.41, 5.74) is 0. The van der Waals surface area contributed by atoms with E-state index in [4.69, 9.17) is 0 Å². The Morgan fingerprint density at radius 1 is 1.25 bits per heavy atom. The molecule has 2 aromatic rings. The van der Waals surface area contributed by atoms with Crippen LogP contribution in [-0.4, -0.2) is 5.91 Å². The van der Waals surface area contributed by atoms with Crippen molar-refractivity contribution in [2.75, 3.05) is 0 Å². The zero-order valence-electron chi connectivity index (χ0n) is 8.55. The Labute approximate surface area is 102 Å². The summed E-state index contributed by atoms with van der Waals surface area (Å²) in [5, 5.41) is 6.96. The van der Waals surface area contributed by atoms with Crippen LogP contribution in [0, 0.1) is 0 Å². The van der Waals surface area contributed by atoms with Gasteiger partial charge in [-0.05, 0) is 29.0 Å². The van der Waals surface area contributed by atoms with Crippen LogP contribution in [0.5, 0.6) is 0 Å². The number of hydrogen-bond acceptors (Lipinski definition) is 3. The monoisotopic (exact) mass is 249 g/mol. The van der Waals surface area contributed by atoms with Crippen LogP contribution < -0.4 is 5.32 Å². The molecule has 0 atom stereocenters. The van der Waals surface area contributed by atoms with Gasteiger partial charge < -0.3 is 5.32 Å². The van der Waals surface area contributed by atoms with Gasteiger partial charge in [-0.2, -0.15) is 0 Å². The van der Waals surface area contributed by atoms with Gasteiger partial charge in [0.1, 0.15) is 0 Å². The van der Waals surface area contributed by atoms with Crippen LogP contribution in [0.3, 0.4) is 0 Å². The van der Waals surface area contributed by atoms with Crippen molar-refractivity contribution in [2.24, 2.45) is 0 Å². The van der Waals surface area contributed by atoms with Crippen LogP contribution in [0.25, 0.3) is 0 Å². The second kappa shape index (κ2) is 5.09.